The number of non-ortho nitro benzene ring substituents is 1. The fourth-order valence-electron chi connectivity index (χ4n) is 2.44. The average Bonchev–Trinajstić information content (AvgIpc) is 2.64. The molecule has 1 amide bonds. The lowest BCUT2D eigenvalue weighted by molar-refractivity contribution is -0.384. The quantitative estimate of drug-likeness (QED) is 0.496. The molecule has 0 fully saturated rings. The van der Waals surface area contributed by atoms with Crippen molar-refractivity contribution in [2.24, 2.45) is 0 Å². The minimum Gasteiger partial charge on any atom is -0.490 e. The molecule has 0 aliphatic rings. The predicted octanol–water partition coefficient (Wildman–Crippen LogP) is 4.62. The van der Waals surface area contributed by atoms with Crippen LogP contribution in [0.3, 0.4) is 0 Å². The molecule has 0 aromatic heterocycles. The van der Waals surface area contributed by atoms with Crippen molar-refractivity contribution in [1.82, 2.24) is 0 Å². The Kier molecular flexibility index (Phi) is 7.43. The molecule has 0 heterocycles. The second-order valence-electron chi connectivity index (χ2n) is 5.62. The lowest BCUT2D eigenvalue weighted by Crippen LogP contribution is -2.13. The van der Waals surface area contributed by atoms with Crippen LogP contribution in [0.2, 0.25) is 5.02 Å². The monoisotopic (exact) mass is 392 g/mol. The number of nitrogens with zero attached hydrogens (tertiary/aromatic N) is 1. The SMILES string of the molecule is CCOc1ccc(CCC(=O)Nc2cc([N+](=O)[O-])ccc2Cl)cc1OCC. The van der Waals surface area contributed by atoms with Gasteiger partial charge in [-0.1, -0.05) is 17.7 Å². The third kappa shape index (κ3) is 5.86. The van der Waals surface area contributed by atoms with Crippen molar-refractivity contribution >= 4 is 28.9 Å². The number of benzene rings is 2. The average molecular weight is 393 g/mol. The number of rotatable bonds is 9. The normalized spacial score (nSPS) is 10.3. The minimum atomic E-state index is -0.541. The van der Waals surface area contributed by atoms with Crippen molar-refractivity contribution in [1.29, 1.82) is 0 Å². The summed E-state index contributed by atoms with van der Waals surface area (Å²) in [4.78, 5) is 22.5. The Morgan fingerprint density at radius 3 is 2.48 bits per heavy atom. The number of hydrogen-bond acceptors (Lipinski definition) is 5. The number of nitro groups is 1. The number of amides is 1. The molecule has 2 rings (SSSR count). The Morgan fingerprint density at radius 2 is 1.81 bits per heavy atom. The molecule has 2 aromatic rings. The van der Waals surface area contributed by atoms with E-state index in [1.54, 1.807) is 0 Å². The highest BCUT2D eigenvalue weighted by Crippen LogP contribution is 2.29. The van der Waals surface area contributed by atoms with Gasteiger partial charge in [-0.25, -0.2) is 0 Å². The van der Waals surface area contributed by atoms with Gasteiger partial charge in [-0.2, -0.15) is 0 Å². The molecule has 2 aromatic carbocycles. The highest BCUT2D eigenvalue weighted by Gasteiger charge is 2.13. The fourth-order valence-corrected chi connectivity index (χ4v) is 2.61. The third-order valence-electron chi connectivity index (χ3n) is 3.68. The Morgan fingerprint density at radius 1 is 1.11 bits per heavy atom. The van der Waals surface area contributed by atoms with Gasteiger partial charge < -0.3 is 14.8 Å². The van der Waals surface area contributed by atoms with E-state index >= 15 is 0 Å². The fraction of sp³-hybridized carbons (Fsp3) is 0.316. The van der Waals surface area contributed by atoms with Crippen LogP contribution in [0, 0.1) is 10.1 Å². The molecule has 0 saturated carbocycles. The lowest BCUT2D eigenvalue weighted by atomic mass is 10.1. The molecule has 7 nitrogen and oxygen atoms in total. The molecule has 0 radical (unpaired) electrons. The number of halogens is 1. The summed E-state index contributed by atoms with van der Waals surface area (Å²) in [6, 6.07) is 9.45. The van der Waals surface area contributed by atoms with Crippen LogP contribution in [0.15, 0.2) is 36.4 Å². The number of anilines is 1. The first kappa shape index (κ1) is 20.5. The molecule has 0 aliphatic carbocycles. The molecule has 0 aliphatic heterocycles. The molecule has 0 atom stereocenters. The van der Waals surface area contributed by atoms with Crippen molar-refractivity contribution in [2.75, 3.05) is 18.5 Å². The summed E-state index contributed by atoms with van der Waals surface area (Å²) in [7, 11) is 0. The van der Waals surface area contributed by atoms with E-state index in [1.165, 1.54) is 18.2 Å². The second-order valence-corrected chi connectivity index (χ2v) is 6.02. The summed E-state index contributed by atoms with van der Waals surface area (Å²) in [5, 5.41) is 13.7. The van der Waals surface area contributed by atoms with Gasteiger partial charge in [0.15, 0.2) is 11.5 Å². The van der Waals surface area contributed by atoms with Crippen LogP contribution in [-0.2, 0) is 11.2 Å². The number of nitrogens with one attached hydrogen (secondary N) is 1. The second kappa shape index (κ2) is 9.78. The first-order valence-corrected chi connectivity index (χ1v) is 8.94. The van der Waals surface area contributed by atoms with E-state index in [9.17, 15) is 14.9 Å². The Bertz CT molecular complexity index is 826. The number of carbonyl (C=O) groups excluding carboxylic acids is 1. The molecule has 1 N–H and O–H groups in total. The summed E-state index contributed by atoms with van der Waals surface area (Å²) < 4.78 is 11.1. The van der Waals surface area contributed by atoms with Gasteiger partial charge in [0.25, 0.3) is 5.69 Å². The van der Waals surface area contributed by atoms with Gasteiger partial charge in [-0.05, 0) is 44.0 Å². The summed E-state index contributed by atoms with van der Waals surface area (Å²) in [5.41, 5.74) is 1.00. The molecule has 144 valence electrons. The minimum absolute atomic E-state index is 0.137. The van der Waals surface area contributed by atoms with Crippen LogP contribution in [0.4, 0.5) is 11.4 Å². The molecular formula is C19H21ClN2O5. The molecule has 27 heavy (non-hydrogen) atoms. The predicted molar refractivity (Wildman–Crippen MR) is 104 cm³/mol. The molecule has 0 unspecified atom stereocenters. The van der Waals surface area contributed by atoms with Crippen molar-refractivity contribution in [3.8, 4) is 11.5 Å². The van der Waals surface area contributed by atoms with Gasteiger partial charge >= 0.3 is 0 Å². The van der Waals surface area contributed by atoms with E-state index in [2.05, 4.69) is 5.32 Å². The zero-order valence-corrected chi connectivity index (χ0v) is 15.9. The van der Waals surface area contributed by atoms with Crippen molar-refractivity contribution in [2.45, 2.75) is 26.7 Å². The number of hydrogen-bond donors (Lipinski definition) is 1. The summed E-state index contributed by atoms with van der Waals surface area (Å²) in [6.07, 6.45) is 0.670. The molecule has 0 spiro atoms. The summed E-state index contributed by atoms with van der Waals surface area (Å²) in [6.45, 7) is 4.83. The van der Waals surface area contributed by atoms with Crippen molar-refractivity contribution < 1.29 is 19.2 Å². The Balaban J connectivity index is 2.02. The molecule has 0 saturated heterocycles. The summed E-state index contributed by atoms with van der Waals surface area (Å²) >= 11 is 6.00. The topological polar surface area (TPSA) is 90.7 Å². The number of nitro benzene ring substituents is 1. The van der Waals surface area contributed by atoms with Crippen LogP contribution in [0.1, 0.15) is 25.8 Å². The van der Waals surface area contributed by atoms with Crippen LogP contribution in [-0.4, -0.2) is 24.0 Å². The maximum absolute atomic E-state index is 12.2. The van der Waals surface area contributed by atoms with Gasteiger partial charge in [-0.15, -0.1) is 0 Å². The lowest BCUT2D eigenvalue weighted by Gasteiger charge is -2.12. The van der Waals surface area contributed by atoms with E-state index in [1.807, 2.05) is 32.0 Å². The standard InChI is InChI=1S/C19H21ClN2O5/c1-3-26-17-9-5-13(11-18(17)27-4-2)6-10-19(23)21-16-12-14(22(24)25)7-8-15(16)20/h5,7-9,11-12H,3-4,6,10H2,1-2H3,(H,21,23). The number of carbonyl (C=O) groups is 1. The van der Waals surface area contributed by atoms with Crippen molar-refractivity contribution in [3.05, 3.63) is 57.1 Å². The summed E-state index contributed by atoms with van der Waals surface area (Å²) in [5.74, 6) is 1.01. The van der Waals surface area contributed by atoms with E-state index in [-0.39, 0.29) is 28.7 Å². The van der Waals surface area contributed by atoms with E-state index in [4.69, 9.17) is 21.1 Å². The Labute approximate surface area is 162 Å². The molecular weight excluding hydrogens is 372 g/mol. The first-order chi connectivity index (χ1) is 12.9. The largest absolute Gasteiger partial charge is 0.490 e. The van der Waals surface area contributed by atoms with E-state index in [0.29, 0.717) is 31.1 Å². The molecule has 0 bridgehead atoms. The Hall–Kier alpha value is -2.80. The zero-order chi connectivity index (χ0) is 19.8. The maximum atomic E-state index is 12.2. The van der Waals surface area contributed by atoms with Gasteiger partial charge in [0.05, 0.1) is 28.8 Å². The van der Waals surface area contributed by atoms with Crippen LogP contribution in [0.25, 0.3) is 0 Å². The van der Waals surface area contributed by atoms with Gasteiger partial charge in [0, 0.05) is 18.6 Å². The highest BCUT2D eigenvalue weighted by atomic mass is 35.5. The number of ether oxygens (including phenoxy) is 2. The van der Waals surface area contributed by atoms with Crippen LogP contribution in [0.5, 0.6) is 11.5 Å². The number of aryl methyl sites for hydroxylation is 1. The van der Waals surface area contributed by atoms with Crippen LogP contribution < -0.4 is 14.8 Å². The van der Waals surface area contributed by atoms with E-state index in [0.717, 1.165) is 5.56 Å². The smallest absolute Gasteiger partial charge is 0.271 e. The van der Waals surface area contributed by atoms with Crippen LogP contribution >= 0.6 is 11.6 Å². The highest BCUT2D eigenvalue weighted by molar-refractivity contribution is 6.33. The van der Waals surface area contributed by atoms with Gasteiger partial charge in [0.1, 0.15) is 0 Å². The van der Waals surface area contributed by atoms with Gasteiger partial charge in [0.2, 0.25) is 5.91 Å². The maximum Gasteiger partial charge on any atom is 0.271 e. The molecule has 8 heteroatoms. The van der Waals surface area contributed by atoms with E-state index < -0.39 is 4.92 Å². The van der Waals surface area contributed by atoms with Crippen molar-refractivity contribution in [3.63, 3.8) is 0 Å². The third-order valence-corrected chi connectivity index (χ3v) is 4.01. The van der Waals surface area contributed by atoms with Gasteiger partial charge in [-0.3, -0.25) is 14.9 Å². The zero-order valence-electron chi connectivity index (χ0n) is 15.2. The first-order valence-electron chi connectivity index (χ1n) is 8.56.